The summed E-state index contributed by atoms with van der Waals surface area (Å²) in [6, 6.07) is 38.3. The van der Waals surface area contributed by atoms with Crippen LogP contribution in [-0.4, -0.2) is 97.0 Å². The number of hydrogen-bond acceptors (Lipinski definition) is 18. The van der Waals surface area contributed by atoms with Crippen molar-refractivity contribution in [2.75, 3.05) is 57.3 Å². The molecule has 4 amide bonds. The Balaban J connectivity index is 0.000000169. The van der Waals surface area contributed by atoms with Crippen molar-refractivity contribution in [2.45, 2.75) is 169 Å². The quantitative estimate of drug-likeness (QED) is 0.0418. The molecule has 9 aromatic rings. The van der Waals surface area contributed by atoms with E-state index in [9.17, 15) is 38.4 Å². The number of hydrogen-bond donors (Lipinski definition) is 5. The van der Waals surface area contributed by atoms with Crippen LogP contribution in [0.1, 0.15) is 203 Å². The van der Waals surface area contributed by atoms with Crippen molar-refractivity contribution < 1.29 is 66.0 Å². The number of carboxylic acids is 1. The van der Waals surface area contributed by atoms with Gasteiger partial charge in [0.2, 0.25) is 0 Å². The Hall–Kier alpha value is -10.9. The molecule has 0 saturated carbocycles. The van der Waals surface area contributed by atoms with E-state index in [-0.39, 0.29) is 41.0 Å². The first-order chi connectivity index (χ1) is 50.2. The number of carboxylic acid groups (broad SMARTS) is 1. The molecule has 6 heterocycles. The van der Waals surface area contributed by atoms with Crippen LogP contribution in [0.5, 0.6) is 17.2 Å². The highest BCUT2D eigenvalue weighted by molar-refractivity contribution is 6.06. The van der Waals surface area contributed by atoms with Crippen molar-refractivity contribution in [3.63, 3.8) is 0 Å². The second-order valence-electron chi connectivity index (χ2n) is 28.0. The molecule has 0 bridgehead atoms. The van der Waals surface area contributed by atoms with Gasteiger partial charge < -0.3 is 73.5 Å². The SMILES string of the molecule is CC(C)(C)OC(=O)N1CCCC1c1ccc(N)cc1.CCCc1c(OC)ccc2cc(C(=O)Nc3ccc(C4CCCN4)cc3)c(=O)oc12.CCCc1c(OC)ccc2cc(C(=O)Nc3ccc(C4CCCN4C(=O)OC(C)(C)C)cc3)c(=O)oc12.CCCc1c(OC)ccc2cc(C(=O)O)c(=O)oc12. The van der Waals surface area contributed by atoms with Gasteiger partial charge in [0.25, 0.3) is 11.8 Å². The number of aromatic carboxylic acids is 1. The van der Waals surface area contributed by atoms with Crippen LogP contribution in [0.25, 0.3) is 32.9 Å². The zero-order valence-electron chi connectivity index (χ0n) is 61.9. The maximum absolute atomic E-state index is 13.0. The van der Waals surface area contributed by atoms with Crippen LogP contribution < -0.4 is 52.8 Å². The number of carbonyl (C=O) groups excluding carboxylic acids is 4. The van der Waals surface area contributed by atoms with Gasteiger partial charge in [-0.15, -0.1) is 0 Å². The Bertz CT molecular complexity index is 4760. The molecule has 556 valence electrons. The highest BCUT2D eigenvalue weighted by atomic mass is 16.6. The fraction of sp³-hybridized carbons (Fsp3) is 0.390. The van der Waals surface area contributed by atoms with Crippen LogP contribution in [0.2, 0.25) is 0 Å². The summed E-state index contributed by atoms with van der Waals surface area (Å²) in [7, 11) is 4.71. The molecular weight excluding hydrogens is 1340 g/mol. The number of benzene rings is 6. The van der Waals surface area contributed by atoms with Gasteiger partial charge in [0, 0.05) is 69.0 Å². The van der Waals surface area contributed by atoms with Gasteiger partial charge in [-0.05, 0) is 214 Å². The smallest absolute Gasteiger partial charge is 0.410 e. The van der Waals surface area contributed by atoms with E-state index < -0.39 is 45.9 Å². The summed E-state index contributed by atoms with van der Waals surface area (Å²) in [4.78, 5) is 102. The van der Waals surface area contributed by atoms with Gasteiger partial charge in [-0.2, -0.15) is 0 Å². The minimum absolute atomic E-state index is 0.0170. The van der Waals surface area contributed by atoms with E-state index in [1.54, 1.807) is 74.8 Å². The van der Waals surface area contributed by atoms with E-state index in [1.807, 2.05) is 140 Å². The van der Waals surface area contributed by atoms with Crippen LogP contribution in [0.3, 0.4) is 0 Å². The van der Waals surface area contributed by atoms with Crippen molar-refractivity contribution >= 4 is 79.9 Å². The lowest BCUT2D eigenvalue weighted by Crippen LogP contribution is -2.36. The molecule has 3 saturated heterocycles. The van der Waals surface area contributed by atoms with Crippen LogP contribution in [0.4, 0.5) is 26.7 Å². The Morgan fingerprint density at radius 1 is 0.495 bits per heavy atom. The van der Waals surface area contributed by atoms with Gasteiger partial charge >= 0.3 is 35.0 Å². The number of nitrogens with zero attached hydrogens (tertiary/aromatic N) is 2. The number of rotatable bonds is 17. The Morgan fingerprint density at radius 3 is 1.18 bits per heavy atom. The number of nitrogens with two attached hydrogens (primary N) is 1. The third-order valence-corrected chi connectivity index (χ3v) is 18.0. The Morgan fingerprint density at radius 2 is 0.848 bits per heavy atom. The molecule has 3 atom stereocenters. The van der Waals surface area contributed by atoms with Gasteiger partial charge in [-0.1, -0.05) is 76.4 Å². The molecule has 6 N–H and O–H groups in total. The molecule has 23 nitrogen and oxygen atoms in total. The number of nitrogens with one attached hydrogen (secondary N) is 3. The molecular formula is C82H96N6O17. The van der Waals surface area contributed by atoms with Gasteiger partial charge in [0.15, 0.2) is 0 Å². The lowest BCUT2D eigenvalue weighted by molar-refractivity contribution is 0.0214. The van der Waals surface area contributed by atoms with Crippen LogP contribution >= 0.6 is 0 Å². The molecule has 3 unspecified atom stereocenters. The minimum atomic E-state index is -1.29. The number of nitrogen functional groups attached to an aromatic ring is 1. The highest BCUT2D eigenvalue weighted by Gasteiger charge is 2.35. The molecule has 23 heteroatoms. The zero-order valence-corrected chi connectivity index (χ0v) is 61.9. The summed E-state index contributed by atoms with van der Waals surface area (Å²) >= 11 is 0. The molecule has 6 aromatic carbocycles. The molecule has 3 aliphatic heterocycles. The molecule has 0 spiro atoms. The van der Waals surface area contributed by atoms with Crippen LogP contribution in [-0.2, 0) is 28.7 Å². The molecule has 12 rings (SSSR count). The van der Waals surface area contributed by atoms with E-state index in [1.165, 1.54) is 18.1 Å². The summed E-state index contributed by atoms with van der Waals surface area (Å²) in [6.45, 7) is 19.7. The van der Waals surface area contributed by atoms with Crippen molar-refractivity contribution in [2.24, 2.45) is 0 Å². The Labute approximate surface area is 610 Å². The van der Waals surface area contributed by atoms with Crippen molar-refractivity contribution in [3.05, 3.63) is 209 Å². The zero-order chi connectivity index (χ0) is 75.9. The summed E-state index contributed by atoms with van der Waals surface area (Å²) in [5.41, 5.74) is 11.0. The second-order valence-corrected chi connectivity index (χ2v) is 28.0. The average Bonchev–Trinajstić information content (AvgIpc) is 1.53. The highest BCUT2D eigenvalue weighted by Crippen LogP contribution is 2.37. The lowest BCUT2D eigenvalue weighted by atomic mass is 10.0. The first kappa shape index (κ1) is 78.2. The predicted octanol–water partition coefficient (Wildman–Crippen LogP) is 16.3. The molecule has 0 radical (unpaired) electrons. The lowest BCUT2D eigenvalue weighted by Gasteiger charge is -2.29. The van der Waals surface area contributed by atoms with Crippen molar-refractivity contribution in [3.8, 4) is 17.2 Å². The van der Waals surface area contributed by atoms with E-state index in [4.69, 9.17) is 47.8 Å². The normalized spacial score (nSPS) is 15.5. The predicted molar refractivity (Wildman–Crippen MR) is 406 cm³/mol. The third kappa shape index (κ3) is 19.7. The maximum atomic E-state index is 13.0. The minimum Gasteiger partial charge on any atom is -0.496 e. The van der Waals surface area contributed by atoms with Gasteiger partial charge in [-0.25, -0.2) is 28.8 Å². The van der Waals surface area contributed by atoms with Crippen LogP contribution in [0.15, 0.2) is 155 Å². The monoisotopic (exact) mass is 1440 g/mol. The number of aryl methyl sites for hydroxylation is 3. The summed E-state index contributed by atoms with van der Waals surface area (Å²) in [5.74, 6) is -0.342. The molecule has 105 heavy (non-hydrogen) atoms. The first-order valence-electron chi connectivity index (χ1n) is 35.7. The van der Waals surface area contributed by atoms with Crippen LogP contribution in [0, 0.1) is 0 Å². The van der Waals surface area contributed by atoms with E-state index in [0.29, 0.717) is 87.0 Å². The summed E-state index contributed by atoms with van der Waals surface area (Å²) in [5, 5.41) is 19.9. The number of methoxy groups -OCH3 is 3. The average molecular weight is 1440 g/mol. The molecule has 3 aromatic heterocycles. The van der Waals surface area contributed by atoms with Gasteiger partial charge in [0.05, 0.1) is 33.4 Å². The summed E-state index contributed by atoms with van der Waals surface area (Å²) < 4.78 is 43.4. The number of likely N-dealkylation sites (tertiary alicyclic amines) is 2. The largest absolute Gasteiger partial charge is 0.496 e. The number of fused-ring (bicyclic) bond motifs is 3. The third-order valence-electron chi connectivity index (χ3n) is 18.0. The van der Waals surface area contributed by atoms with E-state index >= 15 is 0 Å². The molecule has 3 fully saturated rings. The van der Waals surface area contributed by atoms with Gasteiger partial charge in [0.1, 0.15) is 61.9 Å². The number of amides is 4. The van der Waals surface area contributed by atoms with Crippen molar-refractivity contribution in [1.29, 1.82) is 0 Å². The number of ether oxygens (including phenoxy) is 5. The standard InChI is InChI=1S/C29H34N2O6.C24H26N2O4.C15H22N2O2.C14H14O5/c1-6-8-21-24(35-5)15-12-19-17-22(27(33)36-25(19)21)26(32)30-20-13-10-18(11-14-20)23-9-7-16-31(23)28(34)37-29(2,3)4;1-3-5-18-21(29-2)12-9-16-14-19(24(28)30-22(16)18)23(27)26-17-10-7-15(8-11-17)20-6-4-13-25-20;1-15(2,3)19-14(18)17-10-4-5-13(17)11-6-8-12(16)9-7-11;1-3-4-9-11(18-2)6-5-8-7-10(13(15)16)14(17)19-12(8)9/h10-15,17,23H,6-9,16H2,1-5H3,(H,30,32);7-12,14,20,25H,3-6,13H2,1-2H3,(H,26,27);6-9,13H,4-5,10,16H2,1-3H3;5-7H,3-4H2,1-2H3,(H,15,16). The second kappa shape index (κ2) is 35.0. The fourth-order valence-electron chi connectivity index (χ4n) is 13.1. The molecule has 3 aliphatic rings. The molecule has 0 aliphatic carbocycles. The number of carbonyl (C=O) groups is 5. The number of anilines is 3. The Kier molecular flexibility index (Phi) is 26.1. The topological polar surface area (TPSA) is 311 Å². The van der Waals surface area contributed by atoms with Gasteiger partial charge in [-0.3, -0.25) is 9.59 Å². The first-order valence-corrected chi connectivity index (χ1v) is 35.7. The van der Waals surface area contributed by atoms with E-state index in [0.717, 1.165) is 104 Å². The van der Waals surface area contributed by atoms with Crippen molar-refractivity contribution in [1.82, 2.24) is 15.1 Å². The summed E-state index contributed by atoms with van der Waals surface area (Å²) in [6.07, 6.45) is 10.2. The maximum Gasteiger partial charge on any atom is 0.410 e. The fourth-order valence-corrected chi connectivity index (χ4v) is 13.1. The van der Waals surface area contributed by atoms with E-state index in [2.05, 4.69) is 16.0 Å².